The molecule has 0 aromatic heterocycles. The van der Waals surface area contributed by atoms with E-state index in [2.05, 4.69) is 330 Å². The number of hydrogen-bond acceptors (Lipinski definition) is 3. The maximum absolute atomic E-state index is 2.96. The molecule has 4 heteroatoms. The van der Waals surface area contributed by atoms with E-state index in [9.17, 15) is 0 Å². The van der Waals surface area contributed by atoms with Crippen LogP contribution in [0.2, 0.25) is 0 Å². The van der Waals surface area contributed by atoms with Gasteiger partial charge in [0.15, 0.2) is 0 Å². The Labute approximate surface area is 576 Å². The third-order valence-electron chi connectivity index (χ3n) is 23.8. The summed E-state index contributed by atoms with van der Waals surface area (Å²) in [6.45, 7) is -0.172. The number of rotatable bonds is 9. The third-order valence-corrected chi connectivity index (χ3v) is 23.8. The molecule has 0 spiro atoms. The SMILES string of the molecule is c1ccc(-c2cccc(-c3ccccc3)c2N2c3cc(-c4ccc5ccc6cccc7ccc4c5c67)ccc3B3c4ccc(-c5ccc6ccc7cccc8ccc5c6c78)cc4N(c4c(-c5ccccc5)cccc4-c4ccccc4)c4cc(N5C6CC7CC(C6)CC5C7)cc2c43)cc1. The molecular formula is C95H66BN3. The van der Waals surface area contributed by atoms with E-state index in [0.717, 1.165) is 11.8 Å². The first kappa shape index (κ1) is 55.4. The van der Waals surface area contributed by atoms with Gasteiger partial charge in [0.05, 0.1) is 11.4 Å². The predicted octanol–water partition coefficient (Wildman–Crippen LogP) is 23.3. The van der Waals surface area contributed by atoms with Crippen molar-refractivity contribution in [3.8, 4) is 66.8 Å². The molecule has 99 heavy (non-hydrogen) atoms. The van der Waals surface area contributed by atoms with Crippen molar-refractivity contribution >= 4 is 128 Å². The summed E-state index contributed by atoms with van der Waals surface area (Å²) >= 11 is 0. The average Bonchev–Trinajstić information content (AvgIpc) is 0.689. The highest BCUT2D eigenvalue weighted by atomic mass is 15.2. The van der Waals surface area contributed by atoms with Crippen LogP contribution >= 0.6 is 0 Å². The van der Waals surface area contributed by atoms with Crippen LogP contribution in [-0.4, -0.2) is 18.8 Å². The Morgan fingerprint density at radius 3 is 0.980 bits per heavy atom. The summed E-state index contributed by atoms with van der Waals surface area (Å²) in [4.78, 5) is 8.52. The summed E-state index contributed by atoms with van der Waals surface area (Å²) in [5.41, 5.74) is 26.8. The largest absolute Gasteiger partial charge is 0.365 e. The van der Waals surface area contributed by atoms with E-state index >= 15 is 0 Å². The molecule has 0 atom stereocenters. The van der Waals surface area contributed by atoms with Crippen LogP contribution < -0.4 is 31.1 Å². The zero-order valence-electron chi connectivity index (χ0n) is 54.8. The highest BCUT2D eigenvalue weighted by Gasteiger charge is 2.50. The number of hydrogen-bond donors (Lipinski definition) is 0. The second-order valence-corrected chi connectivity index (χ2v) is 29.0. The molecule has 4 heterocycles. The molecule has 23 rings (SSSR count). The average molecular weight is 1260 g/mol. The minimum absolute atomic E-state index is 0.172. The molecular weight excluding hydrogens is 1190 g/mol. The monoisotopic (exact) mass is 1260 g/mol. The first-order valence-corrected chi connectivity index (χ1v) is 35.7. The number of para-hydroxylation sites is 2. The number of fused-ring (bicyclic) bond motifs is 4. The summed E-state index contributed by atoms with van der Waals surface area (Å²) in [5, 5.41) is 15.5. The molecule has 3 nitrogen and oxygen atoms in total. The summed E-state index contributed by atoms with van der Waals surface area (Å²) in [5.74, 6) is 1.56. The molecule has 4 bridgehead atoms. The first-order valence-electron chi connectivity index (χ1n) is 35.7. The fourth-order valence-electron chi connectivity index (χ4n) is 19.8. The molecule has 17 aromatic carbocycles. The third kappa shape index (κ3) is 8.27. The van der Waals surface area contributed by atoms with Gasteiger partial charge in [0.25, 0.3) is 6.71 Å². The van der Waals surface area contributed by atoms with Crippen LogP contribution in [0.4, 0.5) is 39.8 Å². The van der Waals surface area contributed by atoms with E-state index in [1.54, 1.807) is 0 Å². The number of anilines is 7. The van der Waals surface area contributed by atoms with E-state index in [-0.39, 0.29) is 6.71 Å². The molecule has 4 fully saturated rings. The van der Waals surface area contributed by atoms with Crippen molar-refractivity contribution in [1.82, 2.24) is 0 Å². The van der Waals surface area contributed by atoms with Gasteiger partial charge in [-0.05, 0) is 194 Å². The van der Waals surface area contributed by atoms with Gasteiger partial charge in [-0.3, -0.25) is 0 Å². The lowest BCUT2D eigenvalue weighted by Crippen LogP contribution is -2.62. The fourth-order valence-corrected chi connectivity index (χ4v) is 19.8. The van der Waals surface area contributed by atoms with Gasteiger partial charge in [0.2, 0.25) is 0 Å². The summed E-state index contributed by atoms with van der Waals surface area (Å²) < 4.78 is 0. The highest BCUT2D eigenvalue weighted by Crippen LogP contribution is 2.57. The van der Waals surface area contributed by atoms with Gasteiger partial charge in [-0.2, -0.15) is 0 Å². The Morgan fingerprint density at radius 1 is 0.253 bits per heavy atom. The summed E-state index contributed by atoms with van der Waals surface area (Å²) in [7, 11) is 0. The molecule has 6 aliphatic rings. The van der Waals surface area contributed by atoms with Gasteiger partial charge in [-0.25, -0.2) is 0 Å². The van der Waals surface area contributed by atoms with Crippen LogP contribution in [0.5, 0.6) is 0 Å². The van der Waals surface area contributed by atoms with Crippen molar-refractivity contribution in [2.45, 2.75) is 44.2 Å². The second-order valence-electron chi connectivity index (χ2n) is 29.0. The van der Waals surface area contributed by atoms with Crippen molar-refractivity contribution in [2.75, 3.05) is 14.7 Å². The molecule has 0 N–H and O–H groups in total. The lowest BCUT2D eigenvalue weighted by atomic mass is 9.33. The maximum Gasteiger partial charge on any atom is 0.252 e. The molecule has 2 saturated heterocycles. The van der Waals surface area contributed by atoms with Gasteiger partial charge in [0.1, 0.15) is 0 Å². The van der Waals surface area contributed by atoms with Crippen molar-refractivity contribution in [3.63, 3.8) is 0 Å². The Hall–Kier alpha value is -11.7. The maximum atomic E-state index is 2.96. The molecule has 0 unspecified atom stereocenters. The Morgan fingerprint density at radius 2 is 0.596 bits per heavy atom. The minimum Gasteiger partial charge on any atom is -0.365 e. The number of piperidine rings is 2. The zero-order valence-corrected chi connectivity index (χ0v) is 54.8. The lowest BCUT2D eigenvalue weighted by molar-refractivity contribution is 0.0900. The van der Waals surface area contributed by atoms with E-state index in [0.29, 0.717) is 12.1 Å². The smallest absolute Gasteiger partial charge is 0.252 e. The first-order chi connectivity index (χ1) is 49.1. The Kier molecular flexibility index (Phi) is 12.0. The van der Waals surface area contributed by atoms with Crippen LogP contribution in [0.25, 0.3) is 131 Å². The van der Waals surface area contributed by atoms with Crippen LogP contribution in [0, 0.1) is 11.8 Å². The Balaban J connectivity index is 0.892. The second kappa shape index (κ2) is 21.4. The van der Waals surface area contributed by atoms with Crippen molar-refractivity contribution in [1.29, 1.82) is 0 Å². The van der Waals surface area contributed by atoms with Crippen molar-refractivity contribution in [3.05, 3.63) is 315 Å². The fraction of sp³-hybridized carbons (Fsp3) is 0.0947. The van der Waals surface area contributed by atoms with Crippen LogP contribution in [0.3, 0.4) is 0 Å². The number of benzene rings is 17. The molecule has 464 valence electrons. The molecule has 0 radical (unpaired) electrons. The van der Waals surface area contributed by atoms with Crippen LogP contribution in [-0.2, 0) is 0 Å². The van der Waals surface area contributed by atoms with E-state index in [1.807, 2.05) is 0 Å². The van der Waals surface area contributed by atoms with E-state index in [4.69, 9.17) is 0 Å². The summed E-state index contributed by atoms with van der Waals surface area (Å²) in [6, 6.07) is 122. The van der Waals surface area contributed by atoms with Crippen LogP contribution in [0.1, 0.15) is 32.1 Å². The number of nitrogens with zero attached hydrogens (tertiary/aromatic N) is 3. The van der Waals surface area contributed by atoms with Crippen molar-refractivity contribution < 1.29 is 0 Å². The molecule has 2 saturated carbocycles. The minimum atomic E-state index is -0.172. The Bertz CT molecular complexity index is 5620. The predicted molar refractivity (Wildman–Crippen MR) is 421 cm³/mol. The van der Waals surface area contributed by atoms with Gasteiger partial charge < -0.3 is 14.7 Å². The van der Waals surface area contributed by atoms with E-state index < -0.39 is 0 Å². The zero-order chi connectivity index (χ0) is 64.6. The normalized spacial score (nSPS) is 17.4. The van der Waals surface area contributed by atoms with Gasteiger partial charge in [-0.1, -0.05) is 291 Å². The molecule has 17 aromatic rings. The van der Waals surface area contributed by atoms with Gasteiger partial charge in [0, 0.05) is 62.8 Å². The van der Waals surface area contributed by atoms with Gasteiger partial charge in [-0.15, -0.1) is 0 Å². The van der Waals surface area contributed by atoms with E-state index in [1.165, 1.54) is 220 Å². The van der Waals surface area contributed by atoms with Crippen LogP contribution in [0.15, 0.2) is 315 Å². The molecule has 2 aliphatic carbocycles. The highest BCUT2D eigenvalue weighted by molar-refractivity contribution is 7.00. The molecule has 4 aliphatic heterocycles. The standard InChI is InChI=1S/C95H66BN3/c1-5-17-60(18-6-1)77-29-15-30-78(61-19-7-2-8-20-61)94(77)98-85-54-70(75-43-37-68-35-33-64-25-13-27-66-39-45-81(75)91(68)89(64)66)41-47-83(85)96-84-48-42-71(76-44-38-69-36-34-65-26-14-28-67-40-46-82(76)92(69)90(65)67)55-86(84)99(95-79(62-21-9-3-10-22-62)31-16-32-80(95)63-23-11-4-12-24-63)88-57-74(56-87(98)93(88)96)97-72-50-58-49-59(52-72)53-73(97)51-58/h1-48,54-59,72-73H,49-53H2. The van der Waals surface area contributed by atoms with Gasteiger partial charge >= 0.3 is 0 Å². The quantitative estimate of drug-likeness (QED) is 0.105. The lowest BCUT2D eigenvalue weighted by Gasteiger charge is -2.58. The molecule has 0 amide bonds. The topological polar surface area (TPSA) is 9.72 Å². The summed E-state index contributed by atoms with van der Waals surface area (Å²) in [6.07, 6.45) is 6.37. The van der Waals surface area contributed by atoms with Crippen molar-refractivity contribution in [2.24, 2.45) is 11.8 Å².